The van der Waals surface area contributed by atoms with Gasteiger partial charge in [-0.15, -0.1) is 0 Å². The molecule has 1 unspecified atom stereocenters. The second-order valence-corrected chi connectivity index (χ2v) is 4.55. The van der Waals surface area contributed by atoms with Gasteiger partial charge in [0.05, 0.1) is 12.1 Å². The van der Waals surface area contributed by atoms with E-state index in [1.165, 1.54) is 18.3 Å². The van der Waals surface area contributed by atoms with E-state index in [-0.39, 0.29) is 18.2 Å². The molecule has 2 heterocycles. The average molecular weight is 288 g/mol. The van der Waals surface area contributed by atoms with Crippen molar-refractivity contribution in [2.75, 3.05) is 13.2 Å². The summed E-state index contributed by atoms with van der Waals surface area (Å²) in [6.07, 6.45) is 0.977. The van der Waals surface area contributed by atoms with Crippen LogP contribution in [0.1, 0.15) is 10.4 Å². The molecule has 0 fully saturated rings. The van der Waals surface area contributed by atoms with E-state index in [0.29, 0.717) is 18.1 Å². The van der Waals surface area contributed by atoms with Gasteiger partial charge in [0.25, 0.3) is 5.91 Å². The molecule has 1 aliphatic rings. The van der Waals surface area contributed by atoms with E-state index < -0.39 is 11.9 Å². The van der Waals surface area contributed by atoms with Gasteiger partial charge in [0.15, 0.2) is 11.5 Å². The summed E-state index contributed by atoms with van der Waals surface area (Å²) in [7, 11) is 0. The summed E-state index contributed by atoms with van der Waals surface area (Å²) >= 11 is 0. The molecule has 0 spiro atoms. The van der Waals surface area contributed by atoms with E-state index in [1.54, 1.807) is 6.07 Å². The van der Waals surface area contributed by atoms with Gasteiger partial charge in [0.2, 0.25) is 5.95 Å². The minimum absolute atomic E-state index is 0.0883. The van der Waals surface area contributed by atoms with Crippen molar-refractivity contribution in [1.29, 1.82) is 0 Å². The zero-order valence-electron chi connectivity index (χ0n) is 11.1. The van der Waals surface area contributed by atoms with Crippen molar-refractivity contribution >= 4 is 5.91 Å². The van der Waals surface area contributed by atoms with Gasteiger partial charge in [-0.05, 0) is 24.3 Å². The third kappa shape index (κ3) is 2.94. The van der Waals surface area contributed by atoms with Gasteiger partial charge < -0.3 is 14.8 Å². The summed E-state index contributed by atoms with van der Waals surface area (Å²) in [5.74, 6) is -0.00171. The van der Waals surface area contributed by atoms with Crippen LogP contribution < -0.4 is 14.8 Å². The van der Waals surface area contributed by atoms with Crippen LogP contribution in [0.2, 0.25) is 0 Å². The van der Waals surface area contributed by atoms with E-state index in [9.17, 15) is 9.18 Å². The molecule has 1 aromatic heterocycles. The van der Waals surface area contributed by atoms with E-state index in [1.807, 2.05) is 18.2 Å². The lowest BCUT2D eigenvalue weighted by Crippen LogP contribution is -2.41. The predicted octanol–water partition coefficient (Wildman–Crippen LogP) is 1.79. The van der Waals surface area contributed by atoms with E-state index in [0.717, 1.165) is 0 Å². The van der Waals surface area contributed by atoms with Crippen molar-refractivity contribution in [2.24, 2.45) is 0 Å². The molecule has 0 bridgehead atoms. The third-order valence-electron chi connectivity index (χ3n) is 3.06. The highest BCUT2D eigenvalue weighted by Gasteiger charge is 2.21. The highest BCUT2D eigenvalue weighted by molar-refractivity contribution is 5.94. The van der Waals surface area contributed by atoms with Gasteiger partial charge in [-0.3, -0.25) is 4.79 Å². The van der Waals surface area contributed by atoms with Crippen LogP contribution in [0, 0.1) is 5.95 Å². The van der Waals surface area contributed by atoms with Gasteiger partial charge in [-0.25, -0.2) is 4.98 Å². The zero-order valence-corrected chi connectivity index (χ0v) is 11.1. The van der Waals surface area contributed by atoms with Crippen LogP contribution in [0.5, 0.6) is 11.5 Å². The van der Waals surface area contributed by atoms with E-state index in [4.69, 9.17) is 9.47 Å². The van der Waals surface area contributed by atoms with Crippen molar-refractivity contribution in [3.63, 3.8) is 0 Å². The summed E-state index contributed by atoms with van der Waals surface area (Å²) in [6.45, 7) is 0.550. The Morgan fingerprint density at radius 3 is 2.90 bits per heavy atom. The number of carbonyl (C=O) groups excluding carboxylic acids is 1. The molecule has 1 amide bonds. The number of nitrogens with zero attached hydrogens (tertiary/aromatic N) is 1. The van der Waals surface area contributed by atoms with Crippen LogP contribution in [0.25, 0.3) is 0 Å². The quantitative estimate of drug-likeness (QED) is 0.875. The molecule has 0 radical (unpaired) electrons. The molecule has 1 aromatic carbocycles. The molecular formula is C15H13FN2O3. The Bertz CT molecular complexity index is 663. The monoisotopic (exact) mass is 288 g/mol. The molecule has 6 heteroatoms. The number of amides is 1. The Labute approximate surface area is 120 Å². The topological polar surface area (TPSA) is 60.5 Å². The average Bonchev–Trinajstić information content (AvgIpc) is 2.53. The molecule has 1 aliphatic heterocycles. The number of hydrogen-bond donors (Lipinski definition) is 1. The number of halogens is 1. The summed E-state index contributed by atoms with van der Waals surface area (Å²) in [5.41, 5.74) is -0.0883. The van der Waals surface area contributed by atoms with Crippen molar-refractivity contribution in [3.8, 4) is 11.5 Å². The number of fused-ring (bicyclic) bond motifs is 1. The first-order valence-corrected chi connectivity index (χ1v) is 6.51. The second-order valence-electron chi connectivity index (χ2n) is 4.55. The Kier molecular flexibility index (Phi) is 3.68. The number of aromatic nitrogens is 1. The second kappa shape index (κ2) is 5.78. The van der Waals surface area contributed by atoms with Crippen LogP contribution in [0.15, 0.2) is 42.6 Å². The Balaban J connectivity index is 1.59. The number of rotatable bonds is 3. The fraction of sp³-hybridized carbons (Fsp3) is 0.200. The van der Waals surface area contributed by atoms with Crippen LogP contribution in [-0.4, -0.2) is 30.1 Å². The van der Waals surface area contributed by atoms with Gasteiger partial charge in [-0.1, -0.05) is 12.1 Å². The molecular weight excluding hydrogens is 275 g/mol. The highest BCUT2D eigenvalue weighted by Crippen LogP contribution is 2.30. The van der Waals surface area contributed by atoms with Crippen LogP contribution in [0.4, 0.5) is 4.39 Å². The maximum atomic E-state index is 13.4. The molecule has 3 rings (SSSR count). The first-order chi connectivity index (χ1) is 10.2. The standard InChI is InChI=1S/C15H13FN2O3/c16-14-11(4-3-7-17-14)15(19)18-8-10-9-20-12-5-1-2-6-13(12)21-10/h1-7,10H,8-9H2,(H,18,19). The number of para-hydroxylation sites is 2. The third-order valence-corrected chi connectivity index (χ3v) is 3.06. The number of carbonyl (C=O) groups is 1. The van der Waals surface area contributed by atoms with Crippen LogP contribution in [-0.2, 0) is 0 Å². The summed E-state index contributed by atoms with van der Waals surface area (Å²) in [5, 5.41) is 2.62. The fourth-order valence-corrected chi connectivity index (χ4v) is 2.02. The predicted molar refractivity (Wildman–Crippen MR) is 72.9 cm³/mol. The number of benzene rings is 1. The molecule has 2 aromatic rings. The summed E-state index contributed by atoms with van der Waals surface area (Å²) in [6, 6.07) is 10.2. The lowest BCUT2D eigenvalue weighted by Gasteiger charge is -2.26. The first-order valence-electron chi connectivity index (χ1n) is 6.51. The minimum atomic E-state index is -0.791. The molecule has 1 N–H and O–H groups in total. The molecule has 1 atom stereocenters. The number of hydrogen-bond acceptors (Lipinski definition) is 4. The first kappa shape index (κ1) is 13.4. The number of pyridine rings is 1. The van der Waals surface area contributed by atoms with Gasteiger partial charge in [-0.2, -0.15) is 4.39 Å². The van der Waals surface area contributed by atoms with Gasteiger partial charge in [0, 0.05) is 6.20 Å². The summed E-state index contributed by atoms with van der Waals surface area (Å²) < 4.78 is 24.6. The highest BCUT2D eigenvalue weighted by atomic mass is 19.1. The van der Waals surface area contributed by atoms with Gasteiger partial charge >= 0.3 is 0 Å². The maximum Gasteiger partial charge on any atom is 0.256 e. The smallest absolute Gasteiger partial charge is 0.256 e. The fourth-order valence-electron chi connectivity index (χ4n) is 2.02. The molecule has 108 valence electrons. The van der Waals surface area contributed by atoms with E-state index in [2.05, 4.69) is 10.3 Å². The van der Waals surface area contributed by atoms with Crippen molar-refractivity contribution < 1.29 is 18.7 Å². The van der Waals surface area contributed by atoms with E-state index >= 15 is 0 Å². The van der Waals surface area contributed by atoms with Crippen molar-refractivity contribution in [3.05, 3.63) is 54.1 Å². The van der Waals surface area contributed by atoms with Crippen molar-refractivity contribution in [2.45, 2.75) is 6.10 Å². The molecule has 0 saturated heterocycles. The number of nitrogens with one attached hydrogen (secondary N) is 1. The largest absolute Gasteiger partial charge is 0.486 e. The lowest BCUT2D eigenvalue weighted by molar-refractivity contribution is 0.0786. The SMILES string of the molecule is O=C(NCC1COc2ccccc2O1)c1cccnc1F. The van der Waals surface area contributed by atoms with Crippen molar-refractivity contribution in [1.82, 2.24) is 10.3 Å². The Hall–Kier alpha value is -2.63. The summed E-state index contributed by atoms with van der Waals surface area (Å²) in [4.78, 5) is 15.3. The Morgan fingerprint density at radius 1 is 1.29 bits per heavy atom. The molecule has 0 aliphatic carbocycles. The molecule has 5 nitrogen and oxygen atoms in total. The normalized spacial score (nSPS) is 16.3. The van der Waals surface area contributed by atoms with Gasteiger partial charge in [0.1, 0.15) is 12.7 Å². The van der Waals surface area contributed by atoms with Crippen LogP contribution in [0.3, 0.4) is 0 Å². The molecule has 21 heavy (non-hydrogen) atoms. The Morgan fingerprint density at radius 2 is 2.10 bits per heavy atom. The van der Waals surface area contributed by atoms with Crippen LogP contribution >= 0.6 is 0 Å². The lowest BCUT2D eigenvalue weighted by atomic mass is 10.2. The minimum Gasteiger partial charge on any atom is -0.486 e. The zero-order chi connectivity index (χ0) is 14.7. The maximum absolute atomic E-state index is 13.4. The molecule has 0 saturated carbocycles. The number of ether oxygens (including phenoxy) is 2.